The smallest absolute Gasteiger partial charge is 0.311 e. The van der Waals surface area contributed by atoms with E-state index in [0.29, 0.717) is 18.4 Å². The van der Waals surface area contributed by atoms with Gasteiger partial charge in [-0.3, -0.25) is 14.9 Å². The number of carbonyl (C=O) groups is 1. The number of Topliss-reactive ketones (excluding diaryl/α,β-unsaturated/α-hetero) is 1. The molecule has 1 atom stereocenters. The second-order valence-corrected chi connectivity index (χ2v) is 5.26. The van der Waals surface area contributed by atoms with Crippen molar-refractivity contribution in [2.45, 2.75) is 32.1 Å². The van der Waals surface area contributed by atoms with Crippen molar-refractivity contribution < 1.29 is 14.5 Å². The number of nitrogens with zero attached hydrogens (tertiary/aromatic N) is 2. The van der Waals surface area contributed by atoms with Crippen LogP contribution in [0.3, 0.4) is 0 Å². The van der Waals surface area contributed by atoms with E-state index in [1.165, 1.54) is 19.2 Å². The number of methoxy groups -OCH3 is 1. The highest BCUT2D eigenvalue weighted by atomic mass is 16.6. The number of hydrogen-bond acceptors (Lipinski definition) is 5. The lowest BCUT2D eigenvalue weighted by atomic mass is 9.70. The highest BCUT2D eigenvalue weighted by molar-refractivity contribution is 5.88. The number of nitro benzene ring substituents is 1. The number of rotatable bonds is 4. The Morgan fingerprint density at radius 3 is 2.81 bits per heavy atom. The molecule has 0 amide bonds. The van der Waals surface area contributed by atoms with Gasteiger partial charge in [-0.05, 0) is 30.9 Å². The average Bonchev–Trinajstić information content (AvgIpc) is 2.49. The molecule has 110 valence electrons. The van der Waals surface area contributed by atoms with Crippen LogP contribution in [0.2, 0.25) is 0 Å². The van der Waals surface area contributed by atoms with Gasteiger partial charge in [0.25, 0.3) is 0 Å². The minimum atomic E-state index is -1.04. The number of ketones is 1. The zero-order valence-electron chi connectivity index (χ0n) is 11.8. The van der Waals surface area contributed by atoms with Gasteiger partial charge in [-0.15, -0.1) is 0 Å². The molecule has 21 heavy (non-hydrogen) atoms. The lowest BCUT2D eigenvalue weighted by Crippen LogP contribution is -2.34. The summed E-state index contributed by atoms with van der Waals surface area (Å²) in [4.78, 5) is 22.6. The Balaban J connectivity index is 2.34. The lowest BCUT2D eigenvalue weighted by Gasteiger charge is -2.29. The Labute approximate surface area is 122 Å². The van der Waals surface area contributed by atoms with Crippen LogP contribution in [-0.4, -0.2) is 17.8 Å². The molecule has 6 heteroatoms. The molecule has 0 spiro atoms. The number of nitro groups is 1. The molecule has 1 aliphatic carbocycles. The van der Waals surface area contributed by atoms with E-state index in [4.69, 9.17) is 4.74 Å². The molecule has 0 radical (unpaired) electrons. The molecule has 0 aliphatic heterocycles. The first-order chi connectivity index (χ1) is 10.0. The molecule has 1 aliphatic rings. The second kappa shape index (κ2) is 5.92. The van der Waals surface area contributed by atoms with Crippen molar-refractivity contribution in [2.75, 3.05) is 7.11 Å². The molecular weight excluding hydrogens is 272 g/mol. The van der Waals surface area contributed by atoms with E-state index in [0.717, 1.165) is 12.8 Å². The summed E-state index contributed by atoms with van der Waals surface area (Å²) < 4.78 is 4.95. The van der Waals surface area contributed by atoms with Crippen LogP contribution >= 0.6 is 0 Å². The number of benzene rings is 1. The van der Waals surface area contributed by atoms with Crippen molar-refractivity contribution in [3.05, 3.63) is 33.9 Å². The summed E-state index contributed by atoms with van der Waals surface area (Å²) in [6, 6.07) is 6.71. The number of hydrogen-bond donors (Lipinski definition) is 0. The fraction of sp³-hybridized carbons (Fsp3) is 0.467. The van der Waals surface area contributed by atoms with Crippen molar-refractivity contribution >= 4 is 11.5 Å². The summed E-state index contributed by atoms with van der Waals surface area (Å²) >= 11 is 0. The number of nitriles is 1. The molecule has 2 rings (SSSR count). The quantitative estimate of drug-likeness (QED) is 0.627. The molecular formula is C15H16N2O4. The normalized spacial score (nSPS) is 21.6. The Bertz CT molecular complexity index is 621. The molecule has 0 saturated heterocycles. The van der Waals surface area contributed by atoms with Gasteiger partial charge in [-0.1, -0.05) is 12.5 Å². The fourth-order valence-corrected chi connectivity index (χ4v) is 2.77. The highest BCUT2D eigenvalue weighted by Crippen LogP contribution is 2.37. The van der Waals surface area contributed by atoms with Crippen LogP contribution in [0.1, 0.15) is 31.2 Å². The molecule has 1 saturated carbocycles. The molecule has 6 nitrogen and oxygen atoms in total. The maximum absolute atomic E-state index is 12.1. The minimum Gasteiger partial charge on any atom is -0.490 e. The zero-order valence-corrected chi connectivity index (χ0v) is 11.8. The van der Waals surface area contributed by atoms with Gasteiger partial charge in [-0.2, -0.15) is 5.26 Å². The van der Waals surface area contributed by atoms with Gasteiger partial charge in [0, 0.05) is 12.5 Å². The van der Waals surface area contributed by atoms with Gasteiger partial charge >= 0.3 is 5.69 Å². The largest absolute Gasteiger partial charge is 0.490 e. The summed E-state index contributed by atoms with van der Waals surface area (Å²) in [5, 5.41) is 20.5. The van der Waals surface area contributed by atoms with Crippen LogP contribution in [0.5, 0.6) is 5.75 Å². The Kier molecular flexibility index (Phi) is 4.22. The standard InChI is InChI=1S/C15H16N2O4/c1-21-13-6-5-11(8-12(13)17(19)20)9-15(10-16)7-3-2-4-14(15)18/h5-6,8H,2-4,7,9H2,1H3. The van der Waals surface area contributed by atoms with E-state index in [1.54, 1.807) is 6.07 Å². The van der Waals surface area contributed by atoms with E-state index in [9.17, 15) is 20.2 Å². The SMILES string of the molecule is COc1ccc(CC2(C#N)CCCCC2=O)cc1[N+](=O)[O-]. The Morgan fingerprint density at radius 1 is 1.48 bits per heavy atom. The summed E-state index contributed by atoms with van der Waals surface area (Å²) in [5.41, 5.74) is -0.577. The van der Waals surface area contributed by atoms with E-state index < -0.39 is 10.3 Å². The topological polar surface area (TPSA) is 93.2 Å². The minimum absolute atomic E-state index is 0.0604. The molecule has 0 aromatic heterocycles. The number of ether oxygens (including phenoxy) is 1. The predicted octanol–water partition coefficient (Wildman–Crippen LogP) is 2.80. The third kappa shape index (κ3) is 2.87. The van der Waals surface area contributed by atoms with E-state index in [2.05, 4.69) is 6.07 Å². The van der Waals surface area contributed by atoms with Crippen molar-refractivity contribution in [1.82, 2.24) is 0 Å². The van der Waals surface area contributed by atoms with Crippen molar-refractivity contribution in [3.8, 4) is 11.8 Å². The van der Waals surface area contributed by atoms with Gasteiger partial charge in [0.15, 0.2) is 11.5 Å². The van der Waals surface area contributed by atoms with Crippen LogP contribution < -0.4 is 4.74 Å². The van der Waals surface area contributed by atoms with Crippen LogP contribution in [0.4, 0.5) is 5.69 Å². The van der Waals surface area contributed by atoms with E-state index in [1.807, 2.05) is 0 Å². The van der Waals surface area contributed by atoms with Crippen molar-refractivity contribution in [3.63, 3.8) is 0 Å². The molecule has 0 heterocycles. The lowest BCUT2D eigenvalue weighted by molar-refractivity contribution is -0.385. The highest BCUT2D eigenvalue weighted by Gasteiger charge is 2.40. The fourth-order valence-electron chi connectivity index (χ4n) is 2.77. The van der Waals surface area contributed by atoms with Gasteiger partial charge in [0.1, 0.15) is 5.41 Å². The van der Waals surface area contributed by atoms with Gasteiger partial charge < -0.3 is 4.74 Å². The van der Waals surface area contributed by atoms with Crippen LogP contribution in [0.15, 0.2) is 18.2 Å². The maximum Gasteiger partial charge on any atom is 0.311 e. The monoisotopic (exact) mass is 288 g/mol. The van der Waals surface area contributed by atoms with Crippen LogP contribution in [0.25, 0.3) is 0 Å². The third-order valence-corrected chi connectivity index (χ3v) is 3.95. The molecule has 1 fully saturated rings. The molecule has 1 aromatic carbocycles. The van der Waals surface area contributed by atoms with Crippen LogP contribution in [0, 0.1) is 26.9 Å². The van der Waals surface area contributed by atoms with Gasteiger partial charge in [0.2, 0.25) is 0 Å². The van der Waals surface area contributed by atoms with E-state index in [-0.39, 0.29) is 23.6 Å². The average molecular weight is 288 g/mol. The first-order valence-corrected chi connectivity index (χ1v) is 6.78. The van der Waals surface area contributed by atoms with E-state index >= 15 is 0 Å². The predicted molar refractivity (Wildman–Crippen MR) is 74.9 cm³/mol. The summed E-state index contributed by atoms with van der Waals surface area (Å²) in [7, 11) is 1.36. The molecule has 1 unspecified atom stereocenters. The molecule has 1 aromatic rings. The number of carbonyl (C=O) groups excluding carboxylic acids is 1. The molecule has 0 N–H and O–H groups in total. The summed E-state index contributed by atoms with van der Waals surface area (Å²) in [5.74, 6) is 0.111. The maximum atomic E-state index is 12.1. The zero-order chi connectivity index (χ0) is 15.5. The third-order valence-electron chi connectivity index (χ3n) is 3.95. The van der Waals surface area contributed by atoms with Crippen molar-refractivity contribution in [2.24, 2.45) is 5.41 Å². The van der Waals surface area contributed by atoms with Gasteiger partial charge in [0.05, 0.1) is 18.1 Å². The second-order valence-electron chi connectivity index (χ2n) is 5.26. The van der Waals surface area contributed by atoms with Crippen LogP contribution in [-0.2, 0) is 11.2 Å². The summed E-state index contributed by atoms with van der Waals surface area (Å²) in [6.07, 6.45) is 2.78. The first kappa shape index (κ1) is 15.0. The van der Waals surface area contributed by atoms with Gasteiger partial charge in [-0.25, -0.2) is 0 Å². The Morgan fingerprint density at radius 2 is 2.24 bits per heavy atom. The Hall–Kier alpha value is -2.42. The van der Waals surface area contributed by atoms with Crippen molar-refractivity contribution in [1.29, 1.82) is 5.26 Å². The first-order valence-electron chi connectivity index (χ1n) is 6.78. The molecule has 0 bridgehead atoms. The summed E-state index contributed by atoms with van der Waals surface area (Å²) in [6.45, 7) is 0.